The van der Waals surface area contributed by atoms with Crippen molar-refractivity contribution in [3.8, 4) is 11.5 Å². The Morgan fingerprint density at radius 3 is 2.71 bits per heavy atom. The molecule has 4 rings (SSSR count). The van der Waals surface area contributed by atoms with Crippen molar-refractivity contribution in [2.24, 2.45) is 0 Å². The fourth-order valence-corrected chi connectivity index (χ4v) is 4.94. The lowest BCUT2D eigenvalue weighted by molar-refractivity contribution is -0.121. The minimum absolute atomic E-state index is 0.0477. The molecule has 0 aliphatic carbocycles. The number of carbonyl (C=O) groups excluding carboxylic acids is 1. The minimum Gasteiger partial charge on any atom is -0.454 e. The highest BCUT2D eigenvalue weighted by Crippen LogP contribution is 2.40. The van der Waals surface area contributed by atoms with E-state index in [0.717, 1.165) is 22.7 Å². The molecule has 2 aliphatic heterocycles. The van der Waals surface area contributed by atoms with Gasteiger partial charge in [0.1, 0.15) is 4.90 Å². The fraction of sp³-hybridized carbons (Fsp3) is 0.429. The first-order valence-electron chi connectivity index (χ1n) is 10.0. The summed E-state index contributed by atoms with van der Waals surface area (Å²) in [6.45, 7) is 1.45. The van der Waals surface area contributed by atoms with Crippen LogP contribution in [0.1, 0.15) is 18.4 Å². The van der Waals surface area contributed by atoms with Crippen molar-refractivity contribution in [1.29, 1.82) is 0 Å². The van der Waals surface area contributed by atoms with Crippen molar-refractivity contribution >= 4 is 15.9 Å². The van der Waals surface area contributed by atoms with Gasteiger partial charge in [-0.3, -0.25) is 9.78 Å². The molecule has 0 atom stereocenters. The first kappa shape index (κ1) is 21.5. The van der Waals surface area contributed by atoms with Crippen LogP contribution in [0.4, 0.5) is 0 Å². The molecule has 2 aliphatic rings. The van der Waals surface area contributed by atoms with Gasteiger partial charge in [0.15, 0.2) is 11.5 Å². The summed E-state index contributed by atoms with van der Waals surface area (Å²) in [7, 11) is -2.41. The Hall–Kier alpha value is -2.69. The van der Waals surface area contributed by atoms with E-state index >= 15 is 0 Å². The van der Waals surface area contributed by atoms with Crippen LogP contribution in [0.5, 0.6) is 11.5 Å². The molecule has 166 valence electrons. The number of ether oxygens (including phenoxy) is 3. The molecule has 1 aromatic heterocycles. The van der Waals surface area contributed by atoms with Gasteiger partial charge in [-0.25, -0.2) is 8.42 Å². The maximum Gasteiger partial charge on any atom is 0.244 e. The molecule has 2 aromatic rings. The molecule has 0 spiro atoms. The van der Waals surface area contributed by atoms with Crippen LogP contribution < -0.4 is 14.8 Å². The van der Waals surface area contributed by atoms with E-state index in [1.807, 2.05) is 18.2 Å². The first-order valence-corrected chi connectivity index (χ1v) is 11.5. The lowest BCUT2D eigenvalue weighted by Crippen LogP contribution is -2.47. The normalized spacial score (nSPS) is 17.5. The highest BCUT2D eigenvalue weighted by Gasteiger charge is 2.36. The molecule has 0 bridgehead atoms. The summed E-state index contributed by atoms with van der Waals surface area (Å²) in [6.07, 6.45) is 4.23. The molecule has 10 heteroatoms. The lowest BCUT2D eigenvalue weighted by Gasteiger charge is -2.38. The molecule has 1 amide bonds. The quantitative estimate of drug-likeness (QED) is 0.682. The molecule has 1 fully saturated rings. The second-order valence-corrected chi connectivity index (χ2v) is 9.73. The Balaban J connectivity index is 1.45. The van der Waals surface area contributed by atoms with Crippen molar-refractivity contribution in [3.63, 3.8) is 0 Å². The number of hydrogen-bond donors (Lipinski definition) is 1. The summed E-state index contributed by atoms with van der Waals surface area (Å²) < 4.78 is 42.7. The van der Waals surface area contributed by atoms with Crippen LogP contribution >= 0.6 is 0 Å². The largest absolute Gasteiger partial charge is 0.454 e. The van der Waals surface area contributed by atoms with Crippen LogP contribution in [0.15, 0.2) is 47.6 Å². The Bertz CT molecular complexity index is 1040. The number of likely N-dealkylation sites (N-methyl/N-ethyl adjacent to an activating group) is 1. The van der Waals surface area contributed by atoms with Crippen molar-refractivity contribution in [1.82, 2.24) is 14.6 Å². The predicted octanol–water partition coefficient (Wildman–Crippen LogP) is 1.30. The van der Waals surface area contributed by atoms with E-state index in [9.17, 15) is 13.2 Å². The molecule has 0 radical (unpaired) electrons. The highest BCUT2D eigenvalue weighted by molar-refractivity contribution is 7.89. The second kappa shape index (κ2) is 8.81. The summed E-state index contributed by atoms with van der Waals surface area (Å²) in [4.78, 5) is 16.5. The number of hydrogen-bond acceptors (Lipinski definition) is 7. The van der Waals surface area contributed by atoms with Gasteiger partial charge in [-0.05, 0) is 42.7 Å². The lowest BCUT2D eigenvalue weighted by atomic mass is 9.74. The zero-order chi connectivity index (χ0) is 21.9. The third kappa shape index (κ3) is 4.51. The van der Waals surface area contributed by atoms with Gasteiger partial charge >= 0.3 is 0 Å². The summed E-state index contributed by atoms with van der Waals surface area (Å²) in [6, 6.07) is 8.82. The zero-order valence-corrected chi connectivity index (χ0v) is 18.1. The van der Waals surface area contributed by atoms with Crippen LogP contribution in [0, 0.1) is 0 Å². The third-order valence-corrected chi connectivity index (χ3v) is 7.55. The number of sulfonamides is 1. The number of nitrogens with one attached hydrogen (secondary N) is 1. The molecular weight excluding hydrogens is 422 g/mol. The van der Waals surface area contributed by atoms with E-state index in [4.69, 9.17) is 14.2 Å². The van der Waals surface area contributed by atoms with E-state index < -0.39 is 10.0 Å². The van der Waals surface area contributed by atoms with Crippen molar-refractivity contribution < 1.29 is 27.4 Å². The number of carbonyl (C=O) groups is 1. The number of nitrogens with zero attached hydrogens (tertiary/aromatic N) is 2. The van der Waals surface area contributed by atoms with Gasteiger partial charge < -0.3 is 19.5 Å². The van der Waals surface area contributed by atoms with E-state index in [2.05, 4.69) is 10.3 Å². The molecule has 3 heterocycles. The maximum absolute atomic E-state index is 12.6. The Kier molecular flexibility index (Phi) is 6.12. The number of pyridine rings is 1. The zero-order valence-electron chi connectivity index (χ0n) is 17.2. The third-order valence-electron chi connectivity index (χ3n) is 5.77. The van der Waals surface area contributed by atoms with Gasteiger partial charge in [-0.2, -0.15) is 4.31 Å². The van der Waals surface area contributed by atoms with Crippen LogP contribution in [0.25, 0.3) is 0 Å². The second-order valence-electron chi connectivity index (χ2n) is 7.69. The van der Waals surface area contributed by atoms with E-state index in [0.29, 0.717) is 31.3 Å². The predicted molar refractivity (Wildman–Crippen MR) is 111 cm³/mol. The van der Waals surface area contributed by atoms with Crippen LogP contribution in [0.3, 0.4) is 0 Å². The van der Waals surface area contributed by atoms with Crippen molar-refractivity contribution in [2.45, 2.75) is 23.2 Å². The molecule has 0 saturated carbocycles. The maximum atomic E-state index is 12.6. The summed E-state index contributed by atoms with van der Waals surface area (Å²) in [5.74, 6) is 1.02. The van der Waals surface area contributed by atoms with Crippen LogP contribution in [-0.2, 0) is 25.0 Å². The molecule has 0 unspecified atom stereocenters. The van der Waals surface area contributed by atoms with Crippen LogP contribution in [0.2, 0.25) is 0 Å². The number of benzene rings is 1. The summed E-state index contributed by atoms with van der Waals surface area (Å²) in [5, 5.41) is 2.93. The van der Waals surface area contributed by atoms with E-state index in [1.54, 1.807) is 6.07 Å². The van der Waals surface area contributed by atoms with Crippen molar-refractivity contribution in [3.05, 3.63) is 48.3 Å². The molecule has 9 nitrogen and oxygen atoms in total. The summed E-state index contributed by atoms with van der Waals surface area (Å²) >= 11 is 0. The number of amides is 1. The van der Waals surface area contributed by atoms with Crippen molar-refractivity contribution in [2.75, 3.05) is 40.1 Å². The van der Waals surface area contributed by atoms with Crippen LogP contribution in [-0.4, -0.2) is 63.8 Å². The SMILES string of the molecule is CN(CC(=O)NCC1(c2ccc3c(c2)OCO3)CCOCC1)S(=O)(=O)c1cccnc1. The van der Waals surface area contributed by atoms with Gasteiger partial charge in [-0.15, -0.1) is 0 Å². The number of rotatable bonds is 7. The Morgan fingerprint density at radius 1 is 1.19 bits per heavy atom. The summed E-state index contributed by atoms with van der Waals surface area (Å²) in [5.41, 5.74) is 0.715. The fourth-order valence-electron chi connectivity index (χ4n) is 3.85. The number of aromatic nitrogens is 1. The minimum atomic E-state index is -3.79. The smallest absolute Gasteiger partial charge is 0.244 e. The molecule has 31 heavy (non-hydrogen) atoms. The molecular formula is C21H25N3O6S. The standard InChI is InChI=1S/C21H25N3O6S/c1-24(31(26,27)17-3-2-8-22-12-17)13-20(25)23-14-21(6-9-28-10-7-21)16-4-5-18-19(11-16)30-15-29-18/h2-5,8,11-12H,6-7,9-10,13-15H2,1H3,(H,23,25). The molecule has 1 saturated heterocycles. The number of fused-ring (bicyclic) bond motifs is 1. The van der Waals surface area contributed by atoms with E-state index in [1.165, 1.54) is 25.5 Å². The average Bonchev–Trinajstić information content (AvgIpc) is 3.27. The Morgan fingerprint density at radius 2 is 1.97 bits per heavy atom. The monoisotopic (exact) mass is 447 g/mol. The molecule has 1 N–H and O–H groups in total. The average molecular weight is 448 g/mol. The van der Waals surface area contributed by atoms with Gasteiger partial charge in [0.25, 0.3) is 0 Å². The first-order chi connectivity index (χ1) is 14.9. The van der Waals surface area contributed by atoms with Gasteiger partial charge in [0.2, 0.25) is 22.7 Å². The Labute approximate surface area is 181 Å². The molecule has 1 aromatic carbocycles. The van der Waals surface area contributed by atoms with E-state index in [-0.39, 0.29) is 29.6 Å². The van der Waals surface area contributed by atoms with Gasteiger partial charge in [-0.1, -0.05) is 6.07 Å². The van der Waals surface area contributed by atoms with Gasteiger partial charge in [0.05, 0.1) is 6.54 Å². The van der Waals surface area contributed by atoms with Gasteiger partial charge in [0, 0.05) is 44.6 Å². The topological polar surface area (TPSA) is 107 Å². The highest BCUT2D eigenvalue weighted by atomic mass is 32.2.